The Labute approximate surface area is 194 Å². The van der Waals surface area contributed by atoms with Crippen LogP contribution in [0, 0.1) is 17.8 Å². The maximum Gasteiger partial charge on any atom is 0.225 e. The number of hydrogen-bond acceptors (Lipinski definition) is 4. The molecule has 1 aliphatic rings. The molecule has 1 aromatic rings. The highest BCUT2D eigenvalue weighted by atomic mass is 35.5. The SMILES string of the molecule is CC(C)CC(CC(C)C)C(=O)N1CCCCC1CCNc1cc(C(C)(C)C)nc(Cl)n1. The van der Waals surface area contributed by atoms with E-state index < -0.39 is 0 Å². The molecule has 1 atom stereocenters. The van der Waals surface area contributed by atoms with Crippen molar-refractivity contribution in [2.24, 2.45) is 17.8 Å². The van der Waals surface area contributed by atoms with Gasteiger partial charge in [-0.15, -0.1) is 0 Å². The van der Waals surface area contributed by atoms with E-state index in [-0.39, 0.29) is 16.6 Å². The minimum absolute atomic E-state index is 0.0859. The number of amides is 1. The van der Waals surface area contributed by atoms with Crippen molar-refractivity contribution in [1.82, 2.24) is 14.9 Å². The summed E-state index contributed by atoms with van der Waals surface area (Å²) < 4.78 is 0. The van der Waals surface area contributed by atoms with E-state index in [0.29, 0.717) is 23.8 Å². The molecule has 2 heterocycles. The van der Waals surface area contributed by atoms with Crippen LogP contribution in [-0.2, 0) is 10.2 Å². The summed E-state index contributed by atoms with van der Waals surface area (Å²) in [5.41, 5.74) is 0.840. The Morgan fingerprint density at radius 2 is 1.81 bits per heavy atom. The van der Waals surface area contributed by atoms with Gasteiger partial charge in [0.2, 0.25) is 11.2 Å². The average Bonchev–Trinajstić information content (AvgIpc) is 2.65. The summed E-state index contributed by atoms with van der Waals surface area (Å²) in [4.78, 5) is 24.4. The lowest BCUT2D eigenvalue weighted by molar-refractivity contribution is -0.140. The van der Waals surface area contributed by atoms with Crippen molar-refractivity contribution < 1.29 is 4.79 Å². The lowest BCUT2D eigenvalue weighted by Crippen LogP contribution is -2.47. The highest BCUT2D eigenvalue weighted by molar-refractivity contribution is 6.28. The Morgan fingerprint density at radius 3 is 2.39 bits per heavy atom. The summed E-state index contributed by atoms with van der Waals surface area (Å²) in [6, 6.07) is 2.28. The number of halogens is 1. The van der Waals surface area contributed by atoms with E-state index in [9.17, 15) is 4.79 Å². The molecule has 1 N–H and O–H groups in total. The van der Waals surface area contributed by atoms with Crippen LogP contribution < -0.4 is 5.32 Å². The Balaban J connectivity index is 2.03. The van der Waals surface area contributed by atoms with Crippen molar-refractivity contribution in [3.63, 3.8) is 0 Å². The molecule has 1 saturated heterocycles. The molecule has 0 saturated carbocycles. The number of rotatable bonds is 9. The summed E-state index contributed by atoms with van der Waals surface area (Å²) in [5, 5.41) is 3.70. The summed E-state index contributed by atoms with van der Waals surface area (Å²) in [5.74, 6) is 2.35. The Kier molecular flexibility index (Phi) is 9.60. The number of carbonyl (C=O) groups is 1. The third-order valence-electron chi connectivity index (χ3n) is 6.02. The first-order chi connectivity index (χ1) is 14.5. The average molecular weight is 451 g/mol. The molecule has 1 aromatic heterocycles. The van der Waals surface area contributed by atoms with Crippen molar-refractivity contribution in [3.8, 4) is 0 Å². The van der Waals surface area contributed by atoms with Crippen molar-refractivity contribution in [1.29, 1.82) is 0 Å². The van der Waals surface area contributed by atoms with E-state index in [1.165, 1.54) is 6.42 Å². The molecule has 0 bridgehead atoms. The fraction of sp³-hybridized carbons (Fsp3) is 0.800. The summed E-state index contributed by atoms with van der Waals surface area (Å²) in [6.07, 6.45) is 6.28. The van der Waals surface area contributed by atoms with E-state index >= 15 is 0 Å². The maximum absolute atomic E-state index is 13.5. The lowest BCUT2D eigenvalue weighted by Gasteiger charge is -2.39. The van der Waals surface area contributed by atoms with E-state index in [0.717, 1.165) is 56.7 Å². The molecular weight excluding hydrogens is 408 g/mol. The monoisotopic (exact) mass is 450 g/mol. The largest absolute Gasteiger partial charge is 0.370 e. The molecule has 31 heavy (non-hydrogen) atoms. The number of nitrogens with zero attached hydrogens (tertiary/aromatic N) is 3. The van der Waals surface area contributed by atoms with Crippen LogP contribution in [0.25, 0.3) is 0 Å². The van der Waals surface area contributed by atoms with Gasteiger partial charge in [0.1, 0.15) is 5.82 Å². The number of carbonyl (C=O) groups excluding carboxylic acids is 1. The second-order valence-corrected chi connectivity index (χ2v) is 11.3. The standard InChI is InChI=1S/C25H43ClN4O/c1-17(2)14-19(15-18(3)4)23(31)30-13-9-8-10-20(30)11-12-27-22-16-21(25(5,6)7)28-24(26)29-22/h16-20H,8-15H2,1-7H3,(H,27,28,29). The molecule has 176 valence electrons. The van der Waals surface area contributed by atoms with Gasteiger partial charge in [-0.25, -0.2) is 9.97 Å². The van der Waals surface area contributed by atoms with Crippen molar-refractivity contribution in [2.45, 2.75) is 98.4 Å². The van der Waals surface area contributed by atoms with E-state index in [2.05, 4.69) is 68.7 Å². The highest BCUT2D eigenvalue weighted by Crippen LogP contribution is 2.28. The molecular formula is C25H43ClN4O. The van der Waals surface area contributed by atoms with Gasteiger partial charge in [0.15, 0.2) is 0 Å². The molecule has 0 aliphatic carbocycles. The Bertz CT molecular complexity index is 704. The zero-order valence-corrected chi connectivity index (χ0v) is 21.4. The molecule has 1 amide bonds. The minimum Gasteiger partial charge on any atom is -0.370 e. The van der Waals surface area contributed by atoms with Gasteiger partial charge in [-0.1, -0.05) is 48.5 Å². The lowest BCUT2D eigenvalue weighted by atomic mass is 9.87. The topological polar surface area (TPSA) is 58.1 Å². The minimum atomic E-state index is -0.0859. The molecule has 0 radical (unpaired) electrons. The smallest absolute Gasteiger partial charge is 0.225 e. The zero-order chi connectivity index (χ0) is 23.2. The number of nitrogens with one attached hydrogen (secondary N) is 1. The first-order valence-corrected chi connectivity index (χ1v) is 12.4. The Hall–Kier alpha value is -1.36. The number of hydrogen-bond donors (Lipinski definition) is 1. The maximum atomic E-state index is 13.5. The second kappa shape index (κ2) is 11.5. The van der Waals surface area contributed by atoms with Gasteiger partial charge in [-0.05, 0) is 62.0 Å². The van der Waals surface area contributed by atoms with Gasteiger partial charge in [0.25, 0.3) is 0 Å². The third kappa shape index (κ3) is 8.25. The van der Waals surface area contributed by atoms with Crippen LogP contribution in [0.15, 0.2) is 6.07 Å². The highest BCUT2D eigenvalue weighted by Gasteiger charge is 2.32. The summed E-state index contributed by atoms with van der Waals surface area (Å²) >= 11 is 6.15. The molecule has 2 rings (SSSR count). The number of piperidine rings is 1. The molecule has 5 nitrogen and oxygen atoms in total. The summed E-state index contributed by atoms with van der Waals surface area (Å²) in [7, 11) is 0. The van der Waals surface area contributed by atoms with Gasteiger partial charge >= 0.3 is 0 Å². The van der Waals surface area contributed by atoms with Gasteiger partial charge in [0.05, 0.1) is 5.69 Å². The van der Waals surface area contributed by atoms with Crippen LogP contribution in [0.4, 0.5) is 5.82 Å². The van der Waals surface area contributed by atoms with Gasteiger partial charge < -0.3 is 10.2 Å². The van der Waals surface area contributed by atoms with Crippen molar-refractivity contribution in [3.05, 3.63) is 17.0 Å². The van der Waals surface area contributed by atoms with Crippen LogP contribution in [0.2, 0.25) is 5.28 Å². The third-order valence-corrected chi connectivity index (χ3v) is 6.19. The molecule has 1 aliphatic heterocycles. The normalized spacial score (nSPS) is 17.6. The fourth-order valence-corrected chi connectivity index (χ4v) is 4.70. The predicted molar refractivity (Wildman–Crippen MR) is 131 cm³/mol. The first kappa shape index (κ1) is 25.9. The van der Waals surface area contributed by atoms with Crippen molar-refractivity contribution in [2.75, 3.05) is 18.4 Å². The van der Waals surface area contributed by atoms with E-state index in [1.807, 2.05) is 6.07 Å². The molecule has 6 heteroatoms. The number of likely N-dealkylation sites (tertiary alicyclic amines) is 1. The predicted octanol–water partition coefficient (Wildman–Crippen LogP) is 6.32. The number of anilines is 1. The van der Waals surface area contributed by atoms with Gasteiger partial charge in [0, 0.05) is 36.5 Å². The molecule has 1 fully saturated rings. The van der Waals surface area contributed by atoms with Crippen LogP contribution in [-0.4, -0.2) is 39.9 Å². The van der Waals surface area contributed by atoms with Crippen LogP contribution >= 0.6 is 11.6 Å². The quantitative estimate of drug-likeness (QED) is 0.447. The molecule has 0 spiro atoms. The fourth-order valence-electron chi connectivity index (χ4n) is 4.52. The second-order valence-electron chi connectivity index (χ2n) is 11.0. The van der Waals surface area contributed by atoms with Crippen LogP contribution in [0.1, 0.15) is 92.7 Å². The van der Waals surface area contributed by atoms with Gasteiger partial charge in [-0.2, -0.15) is 0 Å². The van der Waals surface area contributed by atoms with Crippen LogP contribution in [0.3, 0.4) is 0 Å². The van der Waals surface area contributed by atoms with Crippen molar-refractivity contribution >= 4 is 23.3 Å². The van der Waals surface area contributed by atoms with E-state index in [4.69, 9.17) is 11.6 Å². The molecule has 0 aromatic carbocycles. The zero-order valence-electron chi connectivity index (χ0n) is 20.7. The molecule has 1 unspecified atom stereocenters. The van der Waals surface area contributed by atoms with Gasteiger partial charge in [-0.3, -0.25) is 4.79 Å². The first-order valence-electron chi connectivity index (χ1n) is 12.1. The van der Waals surface area contributed by atoms with Crippen LogP contribution in [0.5, 0.6) is 0 Å². The van der Waals surface area contributed by atoms with E-state index in [1.54, 1.807) is 0 Å². The number of aromatic nitrogens is 2. The summed E-state index contributed by atoms with van der Waals surface area (Å²) in [6.45, 7) is 16.9. The Morgan fingerprint density at radius 1 is 1.16 bits per heavy atom.